The monoisotopic (exact) mass is 206 g/mol. The first-order valence-electron chi connectivity index (χ1n) is 4.24. The van der Waals surface area contributed by atoms with Gasteiger partial charge in [-0.05, 0) is 22.6 Å². The number of rotatable bonds is 2. The molecule has 0 saturated heterocycles. The number of hydrogen-bond acceptors (Lipinski definition) is 4. The molecule has 0 fully saturated rings. The van der Waals surface area contributed by atoms with E-state index in [0.29, 0.717) is 0 Å². The molecule has 0 amide bonds. The Hall–Kier alpha value is -2.11. The highest BCUT2D eigenvalue weighted by molar-refractivity contribution is 5.90. The third kappa shape index (κ3) is 1.61. The van der Waals surface area contributed by atoms with E-state index in [2.05, 4.69) is 15.5 Å². The van der Waals surface area contributed by atoms with Crippen LogP contribution in [0.2, 0.25) is 0 Å². The van der Waals surface area contributed by atoms with Gasteiger partial charge in [0.05, 0.1) is 0 Å². The lowest BCUT2D eigenvalue weighted by atomic mass is 10.3. The molecule has 0 radical (unpaired) electrons. The Balaban J connectivity index is 2.59. The number of carbonyl (C=O) groups is 1. The van der Waals surface area contributed by atoms with Crippen LogP contribution in [-0.2, 0) is 0 Å². The van der Waals surface area contributed by atoms with Gasteiger partial charge in [-0.1, -0.05) is 12.1 Å². The van der Waals surface area contributed by atoms with Crippen molar-refractivity contribution in [2.75, 3.05) is 0 Å². The number of benzene rings is 1. The minimum absolute atomic E-state index is 0.0140. The number of Topliss-reactive ketones (excluding diaryl/α,β-unsaturated/α-hetero) is 1. The van der Waals surface area contributed by atoms with Gasteiger partial charge < -0.3 is 0 Å². The van der Waals surface area contributed by atoms with E-state index in [1.807, 2.05) is 0 Å². The number of nitrogens with zero attached hydrogens (tertiary/aromatic N) is 4. The van der Waals surface area contributed by atoms with Gasteiger partial charge in [0.15, 0.2) is 5.78 Å². The zero-order valence-corrected chi connectivity index (χ0v) is 7.88. The average molecular weight is 206 g/mol. The average Bonchev–Trinajstić information content (AvgIpc) is 2.67. The Morgan fingerprint density at radius 3 is 2.80 bits per heavy atom. The van der Waals surface area contributed by atoms with Crippen molar-refractivity contribution >= 4 is 5.78 Å². The fourth-order valence-electron chi connectivity index (χ4n) is 1.19. The summed E-state index contributed by atoms with van der Waals surface area (Å²) in [6.07, 6.45) is 0. The van der Waals surface area contributed by atoms with E-state index in [4.69, 9.17) is 0 Å². The minimum atomic E-state index is -0.479. The molecule has 2 rings (SSSR count). The largest absolute Gasteiger partial charge is 0.291 e. The predicted octanol–water partition coefficient (Wildman–Crippen LogP) is 1.00. The molecular weight excluding hydrogens is 199 g/mol. The number of aromatic nitrogens is 4. The summed E-state index contributed by atoms with van der Waals surface area (Å²) < 4.78 is 14.4. The molecule has 0 aliphatic heterocycles. The van der Waals surface area contributed by atoms with Gasteiger partial charge in [-0.25, -0.2) is 4.39 Å². The first kappa shape index (κ1) is 9.45. The smallest absolute Gasteiger partial charge is 0.222 e. The fraction of sp³-hybridized carbons (Fsp3) is 0.111. The maximum Gasteiger partial charge on any atom is 0.222 e. The highest BCUT2D eigenvalue weighted by Crippen LogP contribution is 2.12. The van der Waals surface area contributed by atoms with Crippen LogP contribution in [0.15, 0.2) is 24.3 Å². The van der Waals surface area contributed by atoms with E-state index in [0.717, 1.165) is 4.68 Å². The SMILES string of the molecule is CC(=O)c1nnnn1-c1ccccc1F. The predicted molar refractivity (Wildman–Crippen MR) is 49.1 cm³/mol. The molecule has 5 nitrogen and oxygen atoms in total. The van der Waals surface area contributed by atoms with Crippen molar-refractivity contribution in [1.82, 2.24) is 20.2 Å². The van der Waals surface area contributed by atoms with Crippen LogP contribution in [0.4, 0.5) is 4.39 Å². The molecule has 15 heavy (non-hydrogen) atoms. The van der Waals surface area contributed by atoms with Gasteiger partial charge in [-0.2, -0.15) is 4.68 Å². The lowest BCUT2D eigenvalue weighted by Gasteiger charge is -2.02. The van der Waals surface area contributed by atoms with E-state index in [-0.39, 0.29) is 17.3 Å². The summed E-state index contributed by atoms with van der Waals surface area (Å²) in [4.78, 5) is 11.1. The molecule has 1 aromatic heterocycles. The maximum absolute atomic E-state index is 13.4. The van der Waals surface area contributed by atoms with Crippen molar-refractivity contribution in [2.24, 2.45) is 0 Å². The van der Waals surface area contributed by atoms with Gasteiger partial charge in [0, 0.05) is 6.92 Å². The van der Waals surface area contributed by atoms with E-state index >= 15 is 0 Å². The molecule has 0 unspecified atom stereocenters. The second kappa shape index (κ2) is 3.56. The van der Waals surface area contributed by atoms with Crippen molar-refractivity contribution in [3.63, 3.8) is 0 Å². The van der Waals surface area contributed by atoms with Gasteiger partial charge in [-0.15, -0.1) is 5.10 Å². The molecule has 0 saturated carbocycles. The van der Waals surface area contributed by atoms with Crippen molar-refractivity contribution in [2.45, 2.75) is 6.92 Å². The highest BCUT2D eigenvalue weighted by atomic mass is 19.1. The van der Waals surface area contributed by atoms with Gasteiger partial charge in [0.1, 0.15) is 11.5 Å². The third-order valence-corrected chi connectivity index (χ3v) is 1.87. The molecule has 0 N–H and O–H groups in total. The summed E-state index contributed by atoms with van der Waals surface area (Å²) in [5, 5.41) is 10.4. The molecular formula is C9H7FN4O. The van der Waals surface area contributed by atoms with E-state index < -0.39 is 5.82 Å². The van der Waals surface area contributed by atoms with Crippen LogP contribution in [0.25, 0.3) is 5.69 Å². The number of para-hydroxylation sites is 1. The Morgan fingerprint density at radius 1 is 1.40 bits per heavy atom. The first-order chi connectivity index (χ1) is 7.20. The third-order valence-electron chi connectivity index (χ3n) is 1.87. The molecule has 0 bridgehead atoms. The normalized spacial score (nSPS) is 10.3. The molecule has 76 valence electrons. The molecule has 6 heteroatoms. The van der Waals surface area contributed by atoms with Gasteiger partial charge in [0.25, 0.3) is 0 Å². The lowest BCUT2D eigenvalue weighted by Crippen LogP contribution is -2.08. The van der Waals surface area contributed by atoms with Gasteiger partial charge >= 0.3 is 0 Å². The van der Waals surface area contributed by atoms with Crippen LogP contribution >= 0.6 is 0 Å². The van der Waals surface area contributed by atoms with Crippen LogP contribution in [-0.4, -0.2) is 26.0 Å². The lowest BCUT2D eigenvalue weighted by molar-refractivity contribution is 0.100. The van der Waals surface area contributed by atoms with E-state index in [9.17, 15) is 9.18 Å². The van der Waals surface area contributed by atoms with Crippen LogP contribution in [0.1, 0.15) is 17.5 Å². The van der Waals surface area contributed by atoms with Crippen LogP contribution < -0.4 is 0 Å². The zero-order valence-electron chi connectivity index (χ0n) is 7.88. The van der Waals surface area contributed by atoms with Crippen LogP contribution in [0.5, 0.6) is 0 Å². The highest BCUT2D eigenvalue weighted by Gasteiger charge is 2.14. The van der Waals surface area contributed by atoms with Crippen molar-refractivity contribution in [1.29, 1.82) is 0 Å². The van der Waals surface area contributed by atoms with Crippen LogP contribution in [0.3, 0.4) is 0 Å². The fourth-order valence-corrected chi connectivity index (χ4v) is 1.19. The quantitative estimate of drug-likeness (QED) is 0.688. The number of tetrazole rings is 1. The first-order valence-corrected chi connectivity index (χ1v) is 4.24. The number of carbonyl (C=O) groups excluding carboxylic acids is 1. The maximum atomic E-state index is 13.4. The molecule has 0 aliphatic rings. The number of halogens is 1. The summed E-state index contributed by atoms with van der Waals surface area (Å²) in [5.74, 6) is -0.782. The van der Waals surface area contributed by atoms with Crippen molar-refractivity contribution < 1.29 is 9.18 Å². The summed E-state index contributed by atoms with van der Waals surface area (Å²) >= 11 is 0. The molecule has 0 spiro atoms. The summed E-state index contributed by atoms with van der Waals surface area (Å²) in [7, 11) is 0. The van der Waals surface area contributed by atoms with E-state index in [1.54, 1.807) is 12.1 Å². The zero-order chi connectivity index (χ0) is 10.8. The molecule has 2 aromatic rings. The second-order valence-electron chi connectivity index (χ2n) is 2.92. The summed E-state index contributed by atoms with van der Waals surface area (Å²) in [6.45, 7) is 1.32. The van der Waals surface area contributed by atoms with E-state index in [1.165, 1.54) is 19.1 Å². The molecule has 1 heterocycles. The van der Waals surface area contributed by atoms with Crippen molar-refractivity contribution in [3.05, 3.63) is 35.9 Å². The molecule has 1 aromatic carbocycles. The summed E-state index contributed by atoms with van der Waals surface area (Å²) in [6, 6.07) is 5.97. The Morgan fingerprint density at radius 2 is 2.13 bits per heavy atom. The van der Waals surface area contributed by atoms with Gasteiger partial charge in [-0.3, -0.25) is 4.79 Å². The summed E-state index contributed by atoms with van der Waals surface area (Å²) in [5.41, 5.74) is 0.160. The molecule has 0 atom stereocenters. The van der Waals surface area contributed by atoms with Gasteiger partial charge in [0.2, 0.25) is 5.82 Å². The number of hydrogen-bond donors (Lipinski definition) is 0. The standard InChI is InChI=1S/C9H7FN4O/c1-6(15)9-11-12-13-14(9)8-5-3-2-4-7(8)10/h2-5H,1H3. The Labute approximate surface area is 84.5 Å². The minimum Gasteiger partial charge on any atom is -0.291 e. The topological polar surface area (TPSA) is 60.7 Å². The Bertz CT molecular complexity index is 508. The van der Waals surface area contributed by atoms with Crippen LogP contribution in [0, 0.1) is 5.82 Å². The Kier molecular flexibility index (Phi) is 2.24. The number of ketones is 1. The van der Waals surface area contributed by atoms with Crippen molar-refractivity contribution in [3.8, 4) is 5.69 Å². The second-order valence-corrected chi connectivity index (χ2v) is 2.92. The molecule has 0 aliphatic carbocycles.